The Kier molecular flexibility index (Phi) is 7.65. The molecule has 2 aliphatic rings. The number of amidine groups is 2. The Balaban J connectivity index is 1.28. The Bertz CT molecular complexity index is 1440. The number of carbonyl (C=O) groups excluding carboxylic acids is 3. The molecule has 3 amide bonds. The van der Waals surface area contributed by atoms with Gasteiger partial charge in [-0.05, 0) is 42.7 Å². The summed E-state index contributed by atoms with van der Waals surface area (Å²) in [7, 11) is 0. The molecule has 5 rings (SSSR count). The molecule has 1 atom stereocenters. The van der Waals surface area contributed by atoms with Crippen LogP contribution in [0.2, 0.25) is 0 Å². The largest absolute Gasteiger partial charge is 0.352 e. The number of carbonyl (C=O) groups is 3. The zero-order chi connectivity index (χ0) is 26.5. The Hall–Kier alpha value is -4.24. The van der Waals surface area contributed by atoms with Crippen molar-refractivity contribution in [3.63, 3.8) is 0 Å². The molecule has 3 aromatic carbocycles. The van der Waals surface area contributed by atoms with Gasteiger partial charge >= 0.3 is 0 Å². The summed E-state index contributed by atoms with van der Waals surface area (Å²) < 4.78 is 0. The van der Waals surface area contributed by atoms with Gasteiger partial charge < -0.3 is 10.6 Å². The Morgan fingerprint density at radius 3 is 2.47 bits per heavy atom. The maximum Gasteiger partial charge on any atom is 0.270 e. The highest BCUT2D eigenvalue weighted by molar-refractivity contribution is 8.14. The molecule has 1 unspecified atom stereocenters. The number of amides is 3. The van der Waals surface area contributed by atoms with Crippen LogP contribution >= 0.6 is 11.8 Å². The van der Waals surface area contributed by atoms with E-state index in [2.05, 4.69) is 15.6 Å². The van der Waals surface area contributed by atoms with Crippen LogP contribution in [-0.2, 0) is 20.9 Å². The van der Waals surface area contributed by atoms with Gasteiger partial charge in [0, 0.05) is 24.2 Å². The predicted octanol–water partition coefficient (Wildman–Crippen LogP) is 4.42. The molecule has 0 aromatic heterocycles. The standard InChI is InChI=1S/C29H27N5O3S/c1-19-9-5-7-13-22(19)31-26(36)18-38-29-32-23-14-8-6-12-21(23)27-33-28(37)24(34(27)29)15-16-25(35)30-17-20-10-3-2-4-11-20/h2-14,24H,15-18H2,1H3,(H,30,35)(H,31,36). The van der Waals surface area contributed by atoms with E-state index in [0.29, 0.717) is 23.2 Å². The van der Waals surface area contributed by atoms with Crippen LogP contribution in [0.5, 0.6) is 0 Å². The lowest BCUT2D eigenvalue weighted by molar-refractivity contribution is -0.122. The number of anilines is 1. The van der Waals surface area contributed by atoms with Gasteiger partial charge in [-0.3, -0.25) is 19.3 Å². The zero-order valence-corrected chi connectivity index (χ0v) is 21.7. The Morgan fingerprint density at radius 2 is 1.66 bits per heavy atom. The third-order valence-electron chi connectivity index (χ3n) is 6.34. The quantitative estimate of drug-likeness (QED) is 0.453. The summed E-state index contributed by atoms with van der Waals surface area (Å²) in [6.07, 6.45) is 0.444. The summed E-state index contributed by atoms with van der Waals surface area (Å²) in [6, 6.07) is 24.1. The van der Waals surface area contributed by atoms with Crippen LogP contribution in [0.1, 0.15) is 29.5 Å². The van der Waals surface area contributed by atoms with Gasteiger partial charge in [0.2, 0.25) is 11.8 Å². The van der Waals surface area contributed by atoms with E-state index in [0.717, 1.165) is 22.4 Å². The molecule has 0 saturated carbocycles. The number of hydrogen-bond donors (Lipinski definition) is 2. The number of aliphatic imine (C=N–C) groups is 2. The van der Waals surface area contributed by atoms with Gasteiger partial charge in [0.15, 0.2) is 5.17 Å². The molecule has 8 nitrogen and oxygen atoms in total. The molecule has 0 fully saturated rings. The van der Waals surface area contributed by atoms with Crippen molar-refractivity contribution >= 4 is 51.9 Å². The van der Waals surface area contributed by atoms with Crippen molar-refractivity contribution in [2.24, 2.45) is 9.98 Å². The normalized spacial score (nSPS) is 15.8. The number of fused-ring (bicyclic) bond motifs is 3. The van der Waals surface area contributed by atoms with E-state index >= 15 is 0 Å². The monoisotopic (exact) mass is 525 g/mol. The van der Waals surface area contributed by atoms with Crippen molar-refractivity contribution in [1.29, 1.82) is 0 Å². The third kappa shape index (κ3) is 5.68. The third-order valence-corrected chi connectivity index (χ3v) is 7.29. The van der Waals surface area contributed by atoms with Gasteiger partial charge in [-0.15, -0.1) is 0 Å². The fraction of sp³-hybridized carbons (Fsp3) is 0.207. The number of benzene rings is 3. The molecule has 0 aliphatic carbocycles. The zero-order valence-electron chi connectivity index (χ0n) is 20.9. The molecular weight excluding hydrogens is 498 g/mol. The van der Waals surface area contributed by atoms with Gasteiger partial charge in [0.05, 0.1) is 11.4 Å². The van der Waals surface area contributed by atoms with Crippen LogP contribution in [0.3, 0.4) is 0 Å². The molecule has 2 heterocycles. The minimum atomic E-state index is -0.661. The highest BCUT2D eigenvalue weighted by Crippen LogP contribution is 2.35. The predicted molar refractivity (Wildman–Crippen MR) is 150 cm³/mol. The summed E-state index contributed by atoms with van der Waals surface area (Å²) >= 11 is 1.25. The van der Waals surface area contributed by atoms with Gasteiger partial charge in [-0.25, -0.2) is 4.99 Å². The average molecular weight is 526 g/mol. The first-order valence-corrected chi connectivity index (χ1v) is 13.4. The van der Waals surface area contributed by atoms with Crippen LogP contribution in [0.25, 0.3) is 0 Å². The van der Waals surface area contributed by atoms with Crippen LogP contribution in [0, 0.1) is 6.92 Å². The van der Waals surface area contributed by atoms with Gasteiger partial charge in [-0.1, -0.05) is 72.4 Å². The molecule has 9 heteroatoms. The molecule has 0 radical (unpaired) electrons. The SMILES string of the molecule is Cc1ccccc1NC(=O)CSC1=Nc2ccccc2C2=NC(=O)C(CCC(=O)NCc3ccccc3)N12. The van der Waals surface area contributed by atoms with Crippen molar-refractivity contribution in [3.05, 3.63) is 95.6 Å². The number of hydrogen-bond acceptors (Lipinski definition) is 6. The maximum atomic E-state index is 13.0. The van der Waals surface area contributed by atoms with Gasteiger partial charge in [0.1, 0.15) is 11.9 Å². The molecule has 2 aliphatic heterocycles. The summed E-state index contributed by atoms with van der Waals surface area (Å²) in [5, 5.41) is 6.36. The molecule has 2 N–H and O–H groups in total. The minimum absolute atomic E-state index is 0.109. The second kappa shape index (κ2) is 11.4. The van der Waals surface area contributed by atoms with Crippen molar-refractivity contribution in [2.75, 3.05) is 11.1 Å². The lowest BCUT2D eigenvalue weighted by Gasteiger charge is -2.31. The maximum absolute atomic E-state index is 13.0. The highest BCUT2D eigenvalue weighted by atomic mass is 32.2. The fourth-order valence-corrected chi connectivity index (χ4v) is 5.21. The first-order valence-electron chi connectivity index (χ1n) is 12.4. The average Bonchev–Trinajstić information content (AvgIpc) is 3.27. The molecule has 0 bridgehead atoms. The lowest BCUT2D eigenvalue weighted by atomic mass is 10.1. The van der Waals surface area contributed by atoms with E-state index in [1.54, 1.807) is 4.90 Å². The topological polar surface area (TPSA) is 103 Å². The smallest absolute Gasteiger partial charge is 0.270 e. The molecule has 0 saturated heterocycles. The van der Waals surface area contributed by atoms with E-state index in [1.807, 2.05) is 85.8 Å². The number of para-hydroxylation sites is 2. The number of thioether (sulfide) groups is 1. The van der Waals surface area contributed by atoms with Crippen molar-refractivity contribution in [1.82, 2.24) is 10.2 Å². The summed E-state index contributed by atoms with van der Waals surface area (Å²) in [6.45, 7) is 2.36. The van der Waals surface area contributed by atoms with Crippen molar-refractivity contribution in [2.45, 2.75) is 32.4 Å². The molecule has 38 heavy (non-hydrogen) atoms. The second-order valence-corrected chi connectivity index (χ2v) is 9.97. The molecular formula is C29H27N5O3S. The van der Waals surface area contributed by atoms with E-state index in [-0.39, 0.29) is 36.3 Å². The minimum Gasteiger partial charge on any atom is -0.352 e. The van der Waals surface area contributed by atoms with Crippen LogP contribution in [0.15, 0.2) is 88.8 Å². The number of rotatable bonds is 8. The van der Waals surface area contributed by atoms with E-state index in [4.69, 9.17) is 4.99 Å². The molecule has 3 aromatic rings. The first-order chi connectivity index (χ1) is 18.5. The number of nitrogens with zero attached hydrogens (tertiary/aromatic N) is 3. The fourth-order valence-electron chi connectivity index (χ4n) is 4.36. The Labute approximate surface area is 225 Å². The van der Waals surface area contributed by atoms with Gasteiger partial charge in [-0.2, -0.15) is 4.99 Å². The van der Waals surface area contributed by atoms with Crippen molar-refractivity contribution < 1.29 is 14.4 Å². The summed E-state index contributed by atoms with van der Waals surface area (Å²) in [5.41, 5.74) is 4.18. The lowest BCUT2D eigenvalue weighted by Crippen LogP contribution is -2.44. The highest BCUT2D eigenvalue weighted by Gasteiger charge is 2.41. The van der Waals surface area contributed by atoms with E-state index in [1.165, 1.54) is 11.8 Å². The number of aryl methyl sites for hydroxylation is 1. The van der Waals surface area contributed by atoms with Crippen LogP contribution in [0.4, 0.5) is 11.4 Å². The van der Waals surface area contributed by atoms with E-state index < -0.39 is 6.04 Å². The molecule has 192 valence electrons. The summed E-state index contributed by atoms with van der Waals surface area (Å²) in [5.74, 6) is -0.0114. The molecule has 0 spiro atoms. The Morgan fingerprint density at radius 1 is 0.921 bits per heavy atom. The summed E-state index contributed by atoms with van der Waals surface area (Å²) in [4.78, 5) is 49.2. The van der Waals surface area contributed by atoms with Crippen molar-refractivity contribution in [3.8, 4) is 0 Å². The van der Waals surface area contributed by atoms with E-state index in [9.17, 15) is 14.4 Å². The number of nitrogens with one attached hydrogen (secondary N) is 2. The second-order valence-electron chi connectivity index (χ2n) is 9.02. The van der Waals surface area contributed by atoms with Crippen LogP contribution < -0.4 is 10.6 Å². The van der Waals surface area contributed by atoms with Crippen LogP contribution in [-0.4, -0.2) is 45.4 Å². The first kappa shape index (κ1) is 25.4. The van der Waals surface area contributed by atoms with Gasteiger partial charge in [0.25, 0.3) is 5.91 Å².